The Hall–Kier alpha value is -4.41. The zero-order valence-corrected chi connectivity index (χ0v) is 26.2. The van der Waals surface area contributed by atoms with Crippen molar-refractivity contribution in [3.05, 3.63) is 122 Å². The molecule has 5 rings (SSSR count). The van der Waals surface area contributed by atoms with E-state index in [9.17, 15) is 9.59 Å². The maximum atomic E-state index is 12.6. The average molecular weight is 665 g/mol. The van der Waals surface area contributed by atoms with Crippen molar-refractivity contribution in [1.29, 1.82) is 0 Å². The number of anilines is 3. The van der Waals surface area contributed by atoms with Gasteiger partial charge in [-0.2, -0.15) is 5.10 Å². The van der Waals surface area contributed by atoms with E-state index in [-0.39, 0.29) is 23.4 Å². The maximum Gasteiger partial charge on any atom is 0.271 e. The van der Waals surface area contributed by atoms with E-state index in [1.165, 1.54) is 17.6 Å². The zero-order valence-electron chi connectivity index (χ0n) is 23.1. The van der Waals surface area contributed by atoms with Crippen molar-refractivity contribution in [3.8, 4) is 17.0 Å². The summed E-state index contributed by atoms with van der Waals surface area (Å²) in [7, 11) is 0. The Bertz CT molecular complexity index is 1830. The molecule has 0 atom stereocenters. The summed E-state index contributed by atoms with van der Waals surface area (Å²) >= 11 is 19.8. The summed E-state index contributed by atoms with van der Waals surface area (Å²) in [5, 5.41) is 14.2. The molecule has 3 N–H and O–H groups in total. The van der Waals surface area contributed by atoms with Crippen molar-refractivity contribution in [2.24, 2.45) is 5.10 Å². The summed E-state index contributed by atoms with van der Waals surface area (Å²) in [5.41, 5.74) is 7.61. The van der Waals surface area contributed by atoms with Crippen molar-refractivity contribution >= 4 is 80.7 Å². The van der Waals surface area contributed by atoms with Gasteiger partial charge in [0.15, 0.2) is 11.7 Å². The normalized spacial score (nSPS) is 10.9. The summed E-state index contributed by atoms with van der Waals surface area (Å²) < 4.78 is 5.55. The molecular weight excluding hydrogens is 641 g/mol. The van der Waals surface area contributed by atoms with Crippen molar-refractivity contribution in [3.63, 3.8) is 0 Å². The van der Waals surface area contributed by atoms with Crippen LogP contribution < -0.4 is 20.8 Å². The average Bonchev–Trinajstić information content (AvgIpc) is 3.48. The summed E-state index contributed by atoms with van der Waals surface area (Å²) in [6.07, 6.45) is 1.46. The molecule has 0 radical (unpaired) electrons. The molecule has 0 aliphatic carbocycles. The minimum absolute atomic E-state index is 0.239. The van der Waals surface area contributed by atoms with Gasteiger partial charge >= 0.3 is 0 Å². The Morgan fingerprint density at radius 3 is 2.39 bits per heavy atom. The lowest BCUT2D eigenvalue weighted by atomic mass is 10.1. The molecule has 0 aliphatic heterocycles. The second-order valence-corrected chi connectivity index (χ2v) is 11.5. The zero-order chi connectivity index (χ0) is 31.1. The van der Waals surface area contributed by atoms with Gasteiger partial charge in [0, 0.05) is 37.9 Å². The fourth-order valence-electron chi connectivity index (χ4n) is 3.87. The van der Waals surface area contributed by atoms with Crippen LogP contribution in [0.4, 0.5) is 16.5 Å². The molecule has 2 amide bonds. The highest BCUT2D eigenvalue weighted by Gasteiger charge is 2.10. The first-order chi connectivity index (χ1) is 21.2. The lowest BCUT2D eigenvalue weighted by Crippen LogP contribution is -2.20. The number of halogens is 3. The van der Waals surface area contributed by atoms with Gasteiger partial charge in [0.25, 0.3) is 11.8 Å². The molecule has 0 saturated carbocycles. The number of aryl methyl sites for hydroxylation is 1. The molecule has 222 valence electrons. The Kier molecular flexibility index (Phi) is 10.1. The van der Waals surface area contributed by atoms with E-state index in [1.807, 2.05) is 54.8 Å². The largest absolute Gasteiger partial charge is 0.482 e. The Morgan fingerprint density at radius 1 is 0.909 bits per heavy atom. The number of carbonyl (C=O) groups excluding carboxylic acids is 2. The van der Waals surface area contributed by atoms with Gasteiger partial charge in [0.1, 0.15) is 5.75 Å². The van der Waals surface area contributed by atoms with Crippen molar-refractivity contribution < 1.29 is 14.3 Å². The second kappa shape index (κ2) is 14.4. The molecule has 44 heavy (non-hydrogen) atoms. The molecule has 4 aromatic carbocycles. The van der Waals surface area contributed by atoms with E-state index in [0.29, 0.717) is 32.6 Å². The van der Waals surface area contributed by atoms with Gasteiger partial charge < -0.3 is 15.4 Å². The molecule has 12 heteroatoms. The van der Waals surface area contributed by atoms with Crippen LogP contribution in [0.2, 0.25) is 15.1 Å². The molecule has 0 saturated heterocycles. The molecule has 0 spiro atoms. The fraction of sp³-hybridized carbons (Fsp3) is 0.0625. The minimum atomic E-state index is -0.372. The van der Waals surface area contributed by atoms with E-state index in [4.69, 9.17) is 39.5 Å². The predicted octanol–water partition coefficient (Wildman–Crippen LogP) is 8.60. The van der Waals surface area contributed by atoms with Gasteiger partial charge in [-0.25, -0.2) is 10.4 Å². The Labute approximate surface area is 272 Å². The third-order valence-electron chi connectivity index (χ3n) is 6.19. The number of carbonyl (C=O) groups is 2. The highest BCUT2D eigenvalue weighted by Crippen LogP contribution is 2.28. The number of hydrazone groups is 1. The van der Waals surface area contributed by atoms with Crippen molar-refractivity contribution in [2.45, 2.75) is 6.92 Å². The molecule has 0 fully saturated rings. The van der Waals surface area contributed by atoms with Crippen LogP contribution in [0, 0.1) is 6.92 Å². The third kappa shape index (κ3) is 8.36. The van der Waals surface area contributed by atoms with Gasteiger partial charge in [0.05, 0.1) is 16.9 Å². The number of ether oxygens (including phenoxy) is 1. The number of thiazole rings is 1. The highest BCUT2D eigenvalue weighted by atomic mass is 35.5. The number of amides is 2. The van der Waals surface area contributed by atoms with Gasteiger partial charge in [-0.1, -0.05) is 53.0 Å². The van der Waals surface area contributed by atoms with Crippen molar-refractivity contribution in [1.82, 2.24) is 10.4 Å². The number of nitrogens with one attached hydrogen (secondary N) is 3. The summed E-state index contributed by atoms with van der Waals surface area (Å²) in [6.45, 7) is 1.64. The maximum absolute atomic E-state index is 12.6. The first kappa shape index (κ1) is 31.0. The predicted molar refractivity (Wildman–Crippen MR) is 179 cm³/mol. The number of hydrogen-bond donors (Lipinski definition) is 3. The van der Waals surface area contributed by atoms with Crippen LogP contribution >= 0.6 is 46.1 Å². The summed E-state index contributed by atoms with van der Waals surface area (Å²) in [5.74, 6) is -0.397. The topological polar surface area (TPSA) is 105 Å². The molecular formula is C32H24Cl3N5O3S. The van der Waals surface area contributed by atoms with Crippen LogP contribution in [-0.2, 0) is 4.79 Å². The molecule has 0 bridgehead atoms. The Balaban J connectivity index is 1.10. The number of benzene rings is 4. The van der Waals surface area contributed by atoms with E-state index < -0.39 is 0 Å². The quantitative estimate of drug-likeness (QED) is 0.102. The second-order valence-electron chi connectivity index (χ2n) is 9.44. The standard InChI is InChI=1S/C32H24Cl3N5O3S/c1-19-2-10-25(15-26(19)34)37-30(41)17-43-29-13-3-20(14-27(29)35)16-36-40-31(42)22-6-4-21(5-7-22)28-18-44-32(39-28)38-24-11-8-23(33)9-12-24/h2-16,18H,17H2,1H3,(H,37,41)(H,38,39)(H,40,42)/b36-16-. The smallest absolute Gasteiger partial charge is 0.271 e. The number of rotatable bonds is 10. The Morgan fingerprint density at radius 2 is 1.66 bits per heavy atom. The molecule has 1 heterocycles. The van der Waals surface area contributed by atoms with Gasteiger partial charge in [-0.05, 0) is 84.8 Å². The van der Waals surface area contributed by atoms with E-state index in [2.05, 4.69) is 26.1 Å². The van der Waals surface area contributed by atoms with Crippen LogP contribution in [0.1, 0.15) is 21.5 Å². The molecule has 0 unspecified atom stereocenters. The number of aromatic nitrogens is 1. The highest BCUT2D eigenvalue weighted by molar-refractivity contribution is 7.14. The lowest BCUT2D eigenvalue weighted by Gasteiger charge is -2.10. The van der Waals surface area contributed by atoms with Crippen LogP contribution in [0.3, 0.4) is 0 Å². The van der Waals surface area contributed by atoms with Crippen LogP contribution in [0.25, 0.3) is 11.3 Å². The van der Waals surface area contributed by atoms with Gasteiger partial charge in [-0.3, -0.25) is 9.59 Å². The monoisotopic (exact) mass is 663 g/mol. The fourth-order valence-corrected chi connectivity index (χ4v) is 5.16. The molecule has 0 aliphatic rings. The van der Waals surface area contributed by atoms with Crippen LogP contribution in [0.5, 0.6) is 5.75 Å². The number of nitrogens with zero attached hydrogens (tertiary/aromatic N) is 2. The third-order valence-corrected chi connectivity index (χ3v) is 7.90. The van der Waals surface area contributed by atoms with Crippen LogP contribution in [-0.4, -0.2) is 29.6 Å². The molecule has 1 aromatic heterocycles. The molecule has 8 nitrogen and oxygen atoms in total. The number of hydrogen-bond acceptors (Lipinski definition) is 7. The lowest BCUT2D eigenvalue weighted by molar-refractivity contribution is -0.118. The van der Waals surface area contributed by atoms with E-state index >= 15 is 0 Å². The first-order valence-electron chi connectivity index (χ1n) is 13.1. The first-order valence-corrected chi connectivity index (χ1v) is 15.2. The minimum Gasteiger partial charge on any atom is -0.482 e. The summed E-state index contributed by atoms with van der Waals surface area (Å²) in [4.78, 5) is 29.5. The molecule has 5 aromatic rings. The van der Waals surface area contributed by atoms with Gasteiger partial charge in [-0.15, -0.1) is 11.3 Å². The van der Waals surface area contributed by atoms with E-state index in [1.54, 1.807) is 42.5 Å². The van der Waals surface area contributed by atoms with E-state index in [0.717, 1.165) is 27.6 Å². The van der Waals surface area contributed by atoms with Gasteiger partial charge in [0.2, 0.25) is 0 Å². The summed E-state index contributed by atoms with van der Waals surface area (Å²) in [6, 6.07) is 24.6. The van der Waals surface area contributed by atoms with Crippen molar-refractivity contribution in [2.75, 3.05) is 17.2 Å². The SMILES string of the molecule is Cc1ccc(NC(=O)COc2ccc(/C=N\NC(=O)c3ccc(-c4csc(Nc5ccc(Cl)cc5)n4)cc3)cc2Cl)cc1Cl. The van der Waals surface area contributed by atoms with Crippen LogP contribution in [0.15, 0.2) is 95.4 Å².